The van der Waals surface area contributed by atoms with E-state index in [0.29, 0.717) is 16.9 Å². The van der Waals surface area contributed by atoms with Crippen molar-refractivity contribution in [3.8, 4) is 5.75 Å². The van der Waals surface area contributed by atoms with Crippen molar-refractivity contribution in [2.24, 2.45) is 0 Å². The molecule has 35 heavy (non-hydrogen) atoms. The molecule has 1 unspecified atom stereocenters. The van der Waals surface area contributed by atoms with Crippen molar-refractivity contribution >= 4 is 46.3 Å². The molecular weight excluding hydrogens is 470 g/mol. The summed E-state index contributed by atoms with van der Waals surface area (Å²) in [6, 6.07) is 12.2. The first-order valence-corrected chi connectivity index (χ1v) is 11.0. The minimum absolute atomic E-state index is 0.105. The number of anilines is 2. The van der Waals surface area contributed by atoms with Crippen molar-refractivity contribution in [2.75, 3.05) is 17.3 Å². The van der Waals surface area contributed by atoms with Crippen LogP contribution in [0.1, 0.15) is 29.7 Å². The molecule has 0 saturated carbocycles. The van der Waals surface area contributed by atoms with Crippen LogP contribution in [0.15, 0.2) is 66.5 Å². The minimum Gasteiger partial charge on any atom is -0.507 e. The van der Waals surface area contributed by atoms with Crippen molar-refractivity contribution in [1.82, 2.24) is 4.98 Å². The van der Waals surface area contributed by atoms with Crippen LogP contribution in [0.2, 0.25) is 5.02 Å². The molecule has 1 aliphatic rings. The molecule has 2 amide bonds. The predicted octanol–water partition coefficient (Wildman–Crippen LogP) is 4.64. The van der Waals surface area contributed by atoms with Crippen LogP contribution >= 0.6 is 11.6 Å². The molecule has 1 aliphatic heterocycles. The number of hydrogen-bond donors (Lipinski definition) is 2. The van der Waals surface area contributed by atoms with E-state index in [0.717, 1.165) is 5.56 Å². The SMILES string of the molecule is COc1c(Cl)cc(C)cc1/C(O)=C1\C(=O)C(=O)N(c2ccc(NC(C)=O)cc2)C1c1ccncc1. The van der Waals surface area contributed by atoms with Gasteiger partial charge in [0.25, 0.3) is 11.7 Å². The summed E-state index contributed by atoms with van der Waals surface area (Å²) in [5.74, 6) is -2.10. The first-order chi connectivity index (χ1) is 16.7. The highest BCUT2D eigenvalue weighted by molar-refractivity contribution is 6.51. The van der Waals surface area contributed by atoms with E-state index in [1.165, 1.54) is 18.9 Å². The maximum absolute atomic E-state index is 13.3. The minimum atomic E-state index is -0.936. The van der Waals surface area contributed by atoms with E-state index < -0.39 is 23.5 Å². The summed E-state index contributed by atoms with van der Waals surface area (Å²) in [6.07, 6.45) is 3.08. The monoisotopic (exact) mass is 491 g/mol. The molecule has 0 aliphatic carbocycles. The average molecular weight is 492 g/mol. The van der Waals surface area contributed by atoms with E-state index >= 15 is 0 Å². The largest absolute Gasteiger partial charge is 0.507 e. The van der Waals surface area contributed by atoms with Crippen molar-refractivity contribution in [3.63, 3.8) is 0 Å². The molecule has 1 aromatic heterocycles. The third-order valence-corrected chi connectivity index (χ3v) is 5.86. The summed E-state index contributed by atoms with van der Waals surface area (Å²) in [5, 5.41) is 14.3. The molecule has 3 aromatic rings. The number of methoxy groups -OCH3 is 1. The number of aliphatic hydroxyl groups excluding tert-OH is 1. The number of Topliss-reactive ketones (excluding diaryl/α,β-unsaturated/α-hetero) is 1. The molecule has 2 heterocycles. The van der Waals surface area contributed by atoms with Crippen LogP contribution in [0.4, 0.5) is 11.4 Å². The maximum Gasteiger partial charge on any atom is 0.300 e. The highest BCUT2D eigenvalue weighted by Crippen LogP contribution is 2.44. The van der Waals surface area contributed by atoms with Gasteiger partial charge >= 0.3 is 0 Å². The second-order valence-electron chi connectivity index (χ2n) is 8.01. The number of nitrogens with one attached hydrogen (secondary N) is 1. The number of ketones is 1. The lowest BCUT2D eigenvalue weighted by Crippen LogP contribution is -2.29. The number of nitrogens with zero attached hydrogens (tertiary/aromatic N) is 2. The van der Waals surface area contributed by atoms with Crippen LogP contribution in [0, 0.1) is 6.92 Å². The number of rotatable bonds is 5. The number of aliphatic hydroxyl groups is 1. The molecule has 1 fully saturated rings. The summed E-state index contributed by atoms with van der Waals surface area (Å²) in [6.45, 7) is 3.18. The predicted molar refractivity (Wildman–Crippen MR) is 133 cm³/mol. The zero-order chi connectivity index (χ0) is 25.3. The lowest BCUT2D eigenvalue weighted by atomic mass is 9.95. The Morgan fingerprint density at radius 2 is 1.77 bits per heavy atom. The lowest BCUT2D eigenvalue weighted by Gasteiger charge is -2.25. The van der Waals surface area contributed by atoms with Gasteiger partial charge < -0.3 is 15.2 Å². The van der Waals surface area contributed by atoms with Crippen LogP contribution in [0.3, 0.4) is 0 Å². The van der Waals surface area contributed by atoms with E-state index in [9.17, 15) is 19.5 Å². The van der Waals surface area contributed by atoms with Gasteiger partial charge in [0, 0.05) is 30.7 Å². The molecule has 1 atom stereocenters. The smallest absolute Gasteiger partial charge is 0.300 e. The number of halogens is 1. The highest BCUT2D eigenvalue weighted by Gasteiger charge is 2.47. The van der Waals surface area contributed by atoms with E-state index in [2.05, 4.69) is 10.3 Å². The molecule has 0 radical (unpaired) electrons. The Morgan fingerprint density at radius 1 is 1.11 bits per heavy atom. The van der Waals surface area contributed by atoms with Crippen molar-refractivity contribution < 1.29 is 24.2 Å². The number of benzene rings is 2. The summed E-state index contributed by atoms with van der Waals surface area (Å²) >= 11 is 6.32. The second-order valence-corrected chi connectivity index (χ2v) is 8.41. The van der Waals surface area contributed by atoms with E-state index in [1.807, 2.05) is 0 Å². The Balaban J connectivity index is 1.92. The summed E-state index contributed by atoms with van der Waals surface area (Å²) < 4.78 is 5.39. The Hall–Kier alpha value is -4.17. The molecule has 178 valence electrons. The molecule has 0 spiro atoms. The fraction of sp³-hybridized carbons (Fsp3) is 0.154. The Morgan fingerprint density at radius 3 is 2.37 bits per heavy atom. The molecule has 2 N–H and O–H groups in total. The number of aromatic nitrogens is 1. The Labute approximate surface area is 206 Å². The van der Waals surface area contributed by atoms with Gasteiger partial charge in [-0.15, -0.1) is 0 Å². The van der Waals surface area contributed by atoms with Crippen LogP contribution < -0.4 is 15.0 Å². The topological polar surface area (TPSA) is 109 Å². The molecule has 2 aromatic carbocycles. The van der Waals surface area contributed by atoms with Gasteiger partial charge in [-0.2, -0.15) is 0 Å². The third kappa shape index (κ3) is 4.48. The summed E-state index contributed by atoms with van der Waals surface area (Å²) in [4.78, 5) is 43.3. The van der Waals surface area contributed by atoms with E-state index in [1.54, 1.807) is 67.8 Å². The van der Waals surface area contributed by atoms with Gasteiger partial charge in [-0.25, -0.2) is 0 Å². The zero-order valence-corrected chi connectivity index (χ0v) is 20.0. The van der Waals surface area contributed by atoms with Gasteiger partial charge in [-0.1, -0.05) is 11.6 Å². The second kappa shape index (κ2) is 9.60. The number of amides is 2. The van der Waals surface area contributed by atoms with Gasteiger partial charge in [0.1, 0.15) is 11.5 Å². The van der Waals surface area contributed by atoms with Gasteiger partial charge in [0.15, 0.2) is 0 Å². The Bertz CT molecular complexity index is 1350. The number of carbonyl (C=O) groups excluding carboxylic acids is 3. The zero-order valence-electron chi connectivity index (χ0n) is 19.2. The summed E-state index contributed by atoms with van der Waals surface area (Å²) in [5.41, 5.74) is 2.36. The number of aryl methyl sites for hydroxylation is 1. The normalized spacial score (nSPS) is 16.9. The van der Waals surface area contributed by atoms with E-state index in [-0.39, 0.29) is 27.8 Å². The van der Waals surface area contributed by atoms with Crippen LogP contribution in [-0.2, 0) is 14.4 Å². The maximum atomic E-state index is 13.3. The van der Waals surface area contributed by atoms with Crippen LogP contribution in [-0.4, -0.2) is 34.8 Å². The average Bonchev–Trinajstić information content (AvgIpc) is 3.09. The van der Waals surface area contributed by atoms with Crippen molar-refractivity contribution in [1.29, 1.82) is 0 Å². The number of carbonyl (C=O) groups is 3. The molecule has 1 saturated heterocycles. The van der Waals surface area contributed by atoms with Gasteiger partial charge in [0.05, 0.1) is 29.3 Å². The third-order valence-electron chi connectivity index (χ3n) is 5.58. The van der Waals surface area contributed by atoms with Crippen LogP contribution in [0.25, 0.3) is 5.76 Å². The fourth-order valence-electron chi connectivity index (χ4n) is 4.13. The molecule has 0 bridgehead atoms. The van der Waals surface area contributed by atoms with Gasteiger partial charge in [-0.05, 0) is 66.6 Å². The lowest BCUT2D eigenvalue weighted by molar-refractivity contribution is -0.132. The number of pyridine rings is 1. The number of ether oxygens (including phenoxy) is 1. The quantitative estimate of drug-likeness (QED) is 0.306. The van der Waals surface area contributed by atoms with Crippen molar-refractivity contribution in [2.45, 2.75) is 19.9 Å². The first kappa shape index (κ1) is 24.0. The number of hydrogen-bond acceptors (Lipinski definition) is 6. The molecular formula is C26H22ClN3O5. The highest BCUT2D eigenvalue weighted by atomic mass is 35.5. The van der Waals surface area contributed by atoms with Crippen molar-refractivity contribution in [3.05, 3.63) is 88.2 Å². The molecule has 4 rings (SSSR count). The summed E-state index contributed by atoms with van der Waals surface area (Å²) in [7, 11) is 1.41. The fourth-order valence-corrected chi connectivity index (χ4v) is 4.48. The van der Waals surface area contributed by atoms with Gasteiger partial charge in [-0.3, -0.25) is 24.3 Å². The Kier molecular flexibility index (Phi) is 6.57. The molecule has 9 heteroatoms. The van der Waals surface area contributed by atoms with Gasteiger partial charge in [0.2, 0.25) is 5.91 Å². The molecule has 8 nitrogen and oxygen atoms in total. The van der Waals surface area contributed by atoms with E-state index in [4.69, 9.17) is 16.3 Å². The first-order valence-electron chi connectivity index (χ1n) is 10.7. The standard InChI is InChI=1S/C26H22ClN3O5/c1-14-12-19(25(35-3)20(27)13-14)23(32)21-22(16-8-10-28-11-9-16)30(26(34)24(21)33)18-6-4-17(5-7-18)29-15(2)31/h4-13,22,32H,1-3H3,(H,29,31)/b23-21+. The van der Waals surface area contributed by atoms with Crippen LogP contribution in [0.5, 0.6) is 5.75 Å².